The summed E-state index contributed by atoms with van der Waals surface area (Å²) in [4.78, 5) is 0. The Balaban J connectivity index is 2.01. The Labute approximate surface area is 119 Å². The topological polar surface area (TPSA) is 169 Å². The van der Waals surface area contributed by atoms with Crippen LogP contribution in [0.3, 0.4) is 0 Å². The van der Waals surface area contributed by atoms with Crippen LogP contribution in [0.15, 0.2) is 0 Å². The van der Waals surface area contributed by atoms with Crippen molar-refractivity contribution in [1.82, 2.24) is 0 Å². The van der Waals surface area contributed by atoms with Crippen molar-refractivity contribution in [2.45, 2.75) is 55.3 Å². The SMILES string of the molecule is OC[C@H]1OC(OC2O[C@H](CO)[C@@H](O)[C@H](O)[C@H]2O)[C@H](O)[C@@H]1O. The number of hydrogen-bond acceptors (Lipinski definition) is 10. The van der Waals surface area contributed by atoms with Gasteiger partial charge in [-0.3, -0.25) is 0 Å². The van der Waals surface area contributed by atoms with Gasteiger partial charge in [0.05, 0.1) is 13.2 Å². The maximum Gasteiger partial charge on any atom is 0.189 e. The van der Waals surface area contributed by atoms with Gasteiger partial charge in [0.15, 0.2) is 12.6 Å². The lowest BCUT2D eigenvalue weighted by Crippen LogP contribution is -2.60. The summed E-state index contributed by atoms with van der Waals surface area (Å²) in [5.74, 6) is 0. The van der Waals surface area contributed by atoms with Crippen LogP contribution in [0.4, 0.5) is 0 Å². The lowest BCUT2D eigenvalue weighted by molar-refractivity contribution is -0.341. The van der Waals surface area contributed by atoms with Crippen LogP contribution in [0.25, 0.3) is 0 Å². The molecule has 7 N–H and O–H groups in total. The van der Waals surface area contributed by atoms with Crippen molar-refractivity contribution in [3.63, 3.8) is 0 Å². The zero-order chi connectivity index (χ0) is 15.7. The van der Waals surface area contributed by atoms with E-state index in [1.165, 1.54) is 0 Å². The average molecular weight is 312 g/mol. The second-order valence-electron chi connectivity index (χ2n) is 5.04. The first kappa shape index (κ1) is 17.0. The molecule has 0 amide bonds. The second-order valence-corrected chi connectivity index (χ2v) is 5.04. The zero-order valence-electron chi connectivity index (χ0n) is 11.0. The molecule has 2 saturated heterocycles. The van der Waals surface area contributed by atoms with E-state index in [1.807, 2.05) is 0 Å². The predicted molar refractivity (Wildman–Crippen MR) is 62.6 cm³/mol. The van der Waals surface area contributed by atoms with E-state index in [-0.39, 0.29) is 0 Å². The molecule has 2 unspecified atom stereocenters. The van der Waals surface area contributed by atoms with Crippen molar-refractivity contribution in [2.75, 3.05) is 13.2 Å². The Bertz CT molecular complexity index is 339. The summed E-state index contributed by atoms with van der Waals surface area (Å²) in [7, 11) is 0. The molecule has 0 saturated carbocycles. The molecular weight excluding hydrogens is 292 g/mol. The van der Waals surface area contributed by atoms with E-state index >= 15 is 0 Å². The third-order valence-corrected chi connectivity index (χ3v) is 3.62. The van der Waals surface area contributed by atoms with Gasteiger partial charge in [-0.05, 0) is 0 Å². The summed E-state index contributed by atoms with van der Waals surface area (Å²) >= 11 is 0. The Morgan fingerprint density at radius 1 is 0.619 bits per heavy atom. The van der Waals surface area contributed by atoms with E-state index in [4.69, 9.17) is 24.4 Å². The summed E-state index contributed by atoms with van der Waals surface area (Å²) < 4.78 is 15.3. The second kappa shape index (κ2) is 6.79. The number of ether oxygens (including phenoxy) is 3. The van der Waals surface area contributed by atoms with E-state index in [0.29, 0.717) is 0 Å². The summed E-state index contributed by atoms with van der Waals surface area (Å²) in [5, 5.41) is 66.2. The van der Waals surface area contributed by atoms with Gasteiger partial charge in [-0.25, -0.2) is 0 Å². The monoisotopic (exact) mass is 312 g/mol. The van der Waals surface area contributed by atoms with Crippen LogP contribution in [0.5, 0.6) is 0 Å². The Morgan fingerprint density at radius 3 is 1.43 bits per heavy atom. The summed E-state index contributed by atoms with van der Waals surface area (Å²) in [6.07, 6.45) is -12.8. The third kappa shape index (κ3) is 3.19. The fourth-order valence-corrected chi connectivity index (χ4v) is 2.29. The predicted octanol–water partition coefficient (Wildman–Crippen LogP) is -4.76. The molecule has 0 radical (unpaired) electrons. The molecule has 0 aliphatic carbocycles. The summed E-state index contributed by atoms with van der Waals surface area (Å²) in [5.41, 5.74) is 0. The van der Waals surface area contributed by atoms with Crippen molar-refractivity contribution in [1.29, 1.82) is 0 Å². The molecule has 2 rings (SSSR count). The van der Waals surface area contributed by atoms with Gasteiger partial charge in [0.2, 0.25) is 0 Å². The molecule has 2 heterocycles. The Morgan fingerprint density at radius 2 is 1.00 bits per heavy atom. The number of rotatable bonds is 4. The minimum absolute atomic E-state index is 0.549. The molecular formula is C11H20O10. The van der Waals surface area contributed by atoms with Gasteiger partial charge in [0.25, 0.3) is 0 Å². The Hall–Kier alpha value is -0.400. The molecule has 0 aromatic rings. The Kier molecular flexibility index (Phi) is 5.48. The van der Waals surface area contributed by atoms with Crippen LogP contribution >= 0.6 is 0 Å². The number of aliphatic hydroxyl groups is 7. The number of aliphatic hydroxyl groups excluding tert-OH is 7. The minimum Gasteiger partial charge on any atom is -0.394 e. The first-order chi connectivity index (χ1) is 9.90. The van der Waals surface area contributed by atoms with Gasteiger partial charge in [-0.1, -0.05) is 0 Å². The van der Waals surface area contributed by atoms with E-state index in [2.05, 4.69) is 0 Å². The van der Waals surface area contributed by atoms with Crippen LogP contribution in [-0.4, -0.2) is 104 Å². The highest BCUT2D eigenvalue weighted by Gasteiger charge is 2.49. The third-order valence-electron chi connectivity index (χ3n) is 3.62. The molecule has 124 valence electrons. The molecule has 0 aromatic heterocycles. The lowest BCUT2D eigenvalue weighted by atomic mass is 9.99. The van der Waals surface area contributed by atoms with E-state index in [1.54, 1.807) is 0 Å². The number of hydrogen-bond donors (Lipinski definition) is 7. The average Bonchev–Trinajstić information content (AvgIpc) is 2.75. The normalized spacial score (nSPS) is 51.3. The largest absolute Gasteiger partial charge is 0.394 e. The fraction of sp³-hybridized carbons (Fsp3) is 1.00. The molecule has 21 heavy (non-hydrogen) atoms. The highest BCUT2D eigenvalue weighted by atomic mass is 16.8. The van der Waals surface area contributed by atoms with Gasteiger partial charge in [-0.15, -0.1) is 0 Å². The van der Waals surface area contributed by atoms with Crippen molar-refractivity contribution in [2.24, 2.45) is 0 Å². The first-order valence-electron chi connectivity index (χ1n) is 6.49. The first-order valence-corrected chi connectivity index (χ1v) is 6.49. The van der Waals surface area contributed by atoms with Gasteiger partial charge in [0, 0.05) is 0 Å². The maximum atomic E-state index is 9.77. The van der Waals surface area contributed by atoms with Gasteiger partial charge >= 0.3 is 0 Å². The molecule has 2 aliphatic heterocycles. The maximum absolute atomic E-state index is 9.77. The molecule has 0 spiro atoms. The molecule has 10 nitrogen and oxygen atoms in total. The van der Waals surface area contributed by atoms with Gasteiger partial charge in [-0.2, -0.15) is 0 Å². The fourth-order valence-electron chi connectivity index (χ4n) is 2.29. The van der Waals surface area contributed by atoms with E-state index in [9.17, 15) is 25.5 Å². The van der Waals surface area contributed by atoms with Crippen molar-refractivity contribution in [3.8, 4) is 0 Å². The molecule has 0 aromatic carbocycles. The quantitative estimate of drug-likeness (QED) is 0.267. The summed E-state index contributed by atoms with van der Waals surface area (Å²) in [6, 6.07) is 0. The van der Waals surface area contributed by atoms with Crippen LogP contribution in [-0.2, 0) is 14.2 Å². The molecule has 2 fully saturated rings. The molecule has 0 bridgehead atoms. The van der Waals surface area contributed by atoms with Crippen molar-refractivity contribution >= 4 is 0 Å². The highest BCUT2D eigenvalue weighted by Crippen LogP contribution is 2.28. The molecule has 9 atom stereocenters. The van der Waals surface area contributed by atoms with E-state index < -0.39 is 68.5 Å². The lowest BCUT2D eigenvalue weighted by Gasteiger charge is -2.40. The van der Waals surface area contributed by atoms with Gasteiger partial charge in [0.1, 0.15) is 42.7 Å². The van der Waals surface area contributed by atoms with Crippen molar-refractivity contribution < 1.29 is 50.0 Å². The zero-order valence-corrected chi connectivity index (χ0v) is 11.0. The van der Waals surface area contributed by atoms with Crippen LogP contribution < -0.4 is 0 Å². The van der Waals surface area contributed by atoms with Crippen LogP contribution in [0.1, 0.15) is 0 Å². The standard InChI is InChI=1S/C11H20O10/c12-1-3-5(14)7(16)9(18)11(19-3)21-10-8(17)6(15)4(2-13)20-10/h3-18H,1-2H2/t3-,4-,5-,6-,7+,8-,9-,10?,11?/m1/s1. The highest BCUT2D eigenvalue weighted by molar-refractivity contribution is 4.91. The van der Waals surface area contributed by atoms with E-state index in [0.717, 1.165) is 0 Å². The molecule has 10 heteroatoms. The smallest absolute Gasteiger partial charge is 0.189 e. The van der Waals surface area contributed by atoms with Crippen molar-refractivity contribution in [3.05, 3.63) is 0 Å². The van der Waals surface area contributed by atoms with Crippen LogP contribution in [0, 0.1) is 0 Å². The van der Waals surface area contributed by atoms with Crippen LogP contribution in [0.2, 0.25) is 0 Å². The minimum atomic E-state index is -1.65. The molecule has 2 aliphatic rings. The van der Waals surface area contributed by atoms with Gasteiger partial charge < -0.3 is 50.0 Å². The summed E-state index contributed by atoms with van der Waals surface area (Å²) in [6.45, 7) is -1.17.